The number of rotatable bonds is 8. The molecule has 0 bridgehead atoms. The van der Waals surface area contributed by atoms with E-state index >= 15 is 0 Å². The lowest BCUT2D eigenvalue weighted by atomic mass is 10.3. The molecule has 0 heterocycles. The van der Waals surface area contributed by atoms with Crippen molar-refractivity contribution >= 4 is 84.2 Å². The van der Waals surface area contributed by atoms with E-state index < -0.39 is 5.91 Å². The quantitative estimate of drug-likeness (QED) is 0.226. The Kier molecular flexibility index (Phi) is 10.8. The Morgan fingerprint density at radius 2 is 1.71 bits per heavy atom. The van der Waals surface area contributed by atoms with Crippen LogP contribution in [0, 0.1) is 0 Å². The minimum atomic E-state index is -0.473. The van der Waals surface area contributed by atoms with Crippen molar-refractivity contribution in [2.45, 2.75) is 12.8 Å². The molecule has 2 rings (SSSR count). The van der Waals surface area contributed by atoms with Gasteiger partial charge in [0.05, 0.1) is 16.1 Å². The highest BCUT2D eigenvalue weighted by molar-refractivity contribution is 9.11. The summed E-state index contributed by atoms with van der Waals surface area (Å²) in [5.74, 6) is 0.201. The standard InChI is InChI=1S/C19H17Br2Cl2N3O4S/c20-11-3-5-15(13(21)8-11)30-10-18(28)25-26-19(31)24-17(27)2-1-7-29-16-6-4-12(22)9-14(16)23/h3-6,8-9H,1-2,7,10H2,(H,25,28)(H2,24,26,27,31). The Hall–Kier alpha value is -1.59. The Labute approximate surface area is 211 Å². The highest BCUT2D eigenvalue weighted by Gasteiger charge is 2.09. The number of carbonyl (C=O) groups is 2. The summed E-state index contributed by atoms with van der Waals surface area (Å²) >= 11 is 23.5. The number of hydrogen-bond donors (Lipinski definition) is 3. The fraction of sp³-hybridized carbons (Fsp3) is 0.211. The molecular weight excluding hydrogens is 597 g/mol. The molecule has 0 aliphatic carbocycles. The van der Waals surface area contributed by atoms with Crippen LogP contribution in [0.25, 0.3) is 0 Å². The molecule has 0 atom stereocenters. The van der Waals surface area contributed by atoms with Gasteiger partial charge in [-0.2, -0.15) is 0 Å². The zero-order valence-corrected chi connectivity index (χ0v) is 21.3. The van der Waals surface area contributed by atoms with Gasteiger partial charge < -0.3 is 14.8 Å². The van der Waals surface area contributed by atoms with Crippen LogP contribution in [-0.2, 0) is 9.59 Å². The van der Waals surface area contributed by atoms with Crippen LogP contribution in [0.1, 0.15) is 12.8 Å². The topological polar surface area (TPSA) is 88.7 Å². The SMILES string of the molecule is O=C(COc1ccc(Br)cc1Br)NNC(=S)NC(=O)CCCOc1ccc(Cl)cc1Cl. The van der Waals surface area contributed by atoms with E-state index in [0.29, 0.717) is 32.4 Å². The monoisotopic (exact) mass is 611 g/mol. The normalized spacial score (nSPS) is 10.2. The highest BCUT2D eigenvalue weighted by Crippen LogP contribution is 2.28. The predicted octanol–water partition coefficient (Wildman–Crippen LogP) is 4.78. The van der Waals surface area contributed by atoms with Crippen molar-refractivity contribution in [1.29, 1.82) is 0 Å². The van der Waals surface area contributed by atoms with Crippen molar-refractivity contribution in [2.24, 2.45) is 0 Å². The zero-order valence-electron chi connectivity index (χ0n) is 15.8. The average Bonchev–Trinajstić information content (AvgIpc) is 2.70. The third-order valence-corrected chi connectivity index (χ3v) is 5.37. The Bertz CT molecular complexity index is 966. The van der Waals surface area contributed by atoms with Crippen LogP contribution in [0.3, 0.4) is 0 Å². The molecule has 31 heavy (non-hydrogen) atoms. The summed E-state index contributed by atoms with van der Waals surface area (Å²) in [6.07, 6.45) is 0.608. The third kappa shape index (κ3) is 9.61. The lowest BCUT2D eigenvalue weighted by molar-refractivity contribution is -0.124. The zero-order chi connectivity index (χ0) is 22.8. The Balaban J connectivity index is 1.60. The second kappa shape index (κ2) is 13.1. The molecule has 2 amide bonds. The van der Waals surface area contributed by atoms with Crippen LogP contribution in [0.4, 0.5) is 0 Å². The van der Waals surface area contributed by atoms with Gasteiger partial charge in [-0.15, -0.1) is 0 Å². The molecule has 2 aromatic rings. The molecule has 0 aliphatic rings. The molecule has 3 N–H and O–H groups in total. The number of carbonyl (C=O) groups excluding carboxylic acids is 2. The lowest BCUT2D eigenvalue weighted by Gasteiger charge is -2.12. The first-order valence-corrected chi connectivity index (χ1v) is 11.5. The van der Waals surface area contributed by atoms with Gasteiger partial charge in [0.2, 0.25) is 5.91 Å². The van der Waals surface area contributed by atoms with Crippen LogP contribution in [-0.4, -0.2) is 30.1 Å². The second-order valence-electron chi connectivity index (χ2n) is 5.94. The first-order chi connectivity index (χ1) is 14.7. The van der Waals surface area contributed by atoms with E-state index in [2.05, 4.69) is 48.0 Å². The van der Waals surface area contributed by atoms with Gasteiger partial charge in [0.15, 0.2) is 11.7 Å². The van der Waals surface area contributed by atoms with Crippen LogP contribution < -0.4 is 25.6 Å². The maximum Gasteiger partial charge on any atom is 0.276 e. The van der Waals surface area contributed by atoms with Gasteiger partial charge in [-0.25, -0.2) is 0 Å². The minimum absolute atomic E-state index is 0.0372. The van der Waals surface area contributed by atoms with Gasteiger partial charge in [-0.05, 0) is 71.0 Å². The Morgan fingerprint density at radius 1 is 0.968 bits per heavy atom. The maximum absolute atomic E-state index is 11.9. The Morgan fingerprint density at radius 3 is 2.42 bits per heavy atom. The van der Waals surface area contributed by atoms with Gasteiger partial charge in [0.25, 0.3) is 5.91 Å². The van der Waals surface area contributed by atoms with Crippen LogP contribution in [0.5, 0.6) is 11.5 Å². The molecule has 2 aromatic carbocycles. The molecule has 0 aliphatic heterocycles. The van der Waals surface area contributed by atoms with Gasteiger partial charge >= 0.3 is 0 Å². The van der Waals surface area contributed by atoms with Gasteiger partial charge in [-0.3, -0.25) is 20.4 Å². The second-order valence-corrected chi connectivity index (χ2v) is 8.96. The number of nitrogens with one attached hydrogen (secondary N) is 3. The van der Waals surface area contributed by atoms with E-state index in [1.807, 2.05) is 0 Å². The van der Waals surface area contributed by atoms with Gasteiger partial charge in [0, 0.05) is 15.9 Å². The summed E-state index contributed by atoms with van der Waals surface area (Å²) in [5.41, 5.74) is 4.79. The molecule has 0 saturated heterocycles. The summed E-state index contributed by atoms with van der Waals surface area (Å²) in [6.45, 7) is 0.0447. The molecular formula is C19H17Br2Cl2N3O4S. The van der Waals surface area contributed by atoms with E-state index in [9.17, 15) is 9.59 Å². The third-order valence-electron chi connectivity index (χ3n) is 3.52. The lowest BCUT2D eigenvalue weighted by Crippen LogP contribution is -2.49. The molecule has 0 fully saturated rings. The first kappa shape index (κ1) is 25.7. The van der Waals surface area contributed by atoms with Gasteiger partial charge in [-0.1, -0.05) is 39.1 Å². The molecule has 0 unspecified atom stereocenters. The maximum atomic E-state index is 11.9. The van der Waals surface area contributed by atoms with E-state index in [4.69, 9.17) is 44.9 Å². The largest absolute Gasteiger partial charge is 0.492 e. The summed E-state index contributed by atoms with van der Waals surface area (Å²) in [7, 11) is 0. The predicted molar refractivity (Wildman–Crippen MR) is 131 cm³/mol. The number of hydrogen-bond acceptors (Lipinski definition) is 5. The van der Waals surface area contributed by atoms with Crippen molar-refractivity contribution in [1.82, 2.24) is 16.2 Å². The summed E-state index contributed by atoms with van der Waals surface area (Å²) in [5, 5.41) is 3.33. The summed E-state index contributed by atoms with van der Waals surface area (Å²) in [6, 6.07) is 10.2. The number of ether oxygens (including phenoxy) is 2. The number of thiocarbonyl (C=S) groups is 1. The van der Waals surface area contributed by atoms with Crippen molar-refractivity contribution in [3.63, 3.8) is 0 Å². The van der Waals surface area contributed by atoms with Crippen LogP contribution in [0.2, 0.25) is 10.0 Å². The van der Waals surface area contributed by atoms with Gasteiger partial charge in [0.1, 0.15) is 11.5 Å². The van der Waals surface area contributed by atoms with Crippen molar-refractivity contribution < 1.29 is 19.1 Å². The van der Waals surface area contributed by atoms with Crippen LogP contribution >= 0.6 is 67.3 Å². The molecule has 0 radical (unpaired) electrons. The van der Waals surface area contributed by atoms with Crippen molar-refractivity contribution in [2.75, 3.05) is 13.2 Å². The van der Waals surface area contributed by atoms with Crippen LogP contribution in [0.15, 0.2) is 45.3 Å². The summed E-state index contributed by atoms with van der Waals surface area (Å²) in [4.78, 5) is 23.8. The highest BCUT2D eigenvalue weighted by atomic mass is 79.9. The molecule has 0 aromatic heterocycles. The minimum Gasteiger partial charge on any atom is -0.492 e. The van der Waals surface area contributed by atoms with E-state index in [1.165, 1.54) is 0 Å². The molecule has 166 valence electrons. The molecule has 7 nitrogen and oxygen atoms in total. The van der Waals surface area contributed by atoms with Crippen molar-refractivity contribution in [3.8, 4) is 11.5 Å². The average molecular weight is 614 g/mol. The first-order valence-electron chi connectivity index (χ1n) is 8.79. The number of hydrazine groups is 1. The smallest absolute Gasteiger partial charge is 0.276 e. The number of halogens is 4. The molecule has 0 spiro atoms. The number of amides is 2. The van der Waals surface area contributed by atoms with E-state index in [0.717, 1.165) is 4.47 Å². The summed E-state index contributed by atoms with van der Waals surface area (Å²) < 4.78 is 12.5. The van der Waals surface area contributed by atoms with E-state index in [-0.39, 0.29) is 30.7 Å². The van der Waals surface area contributed by atoms with Crippen molar-refractivity contribution in [3.05, 3.63) is 55.4 Å². The fourth-order valence-electron chi connectivity index (χ4n) is 2.13. The fourth-order valence-corrected chi connectivity index (χ4v) is 3.92. The number of benzene rings is 2. The molecule has 12 heteroatoms. The molecule has 0 saturated carbocycles. The van der Waals surface area contributed by atoms with E-state index in [1.54, 1.807) is 36.4 Å².